The molecule has 2 unspecified atom stereocenters. The van der Waals surface area contributed by atoms with Crippen molar-refractivity contribution < 1.29 is 9.50 Å². The van der Waals surface area contributed by atoms with Crippen LogP contribution in [-0.4, -0.2) is 78.4 Å². The summed E-state index contributed by atoms with van der Waals surface area (Å²) in [4.78, 5) is 16.7. The highest BCUT2D eigenvalue weighted by atomic mass is 35.5. The number of piperidine rings is 1. The average molecular weight is 591 g/mol. The summed E-state index contributed by atoms with van der Waals surface area (Å²) in [7, 11) is 4.24. The van der Waals surface area contributed by atoms with Crippen LogP contribution in [0.3, 0.4) is 0 Å². The summed E-state index contributed by atoms with van der Waals surface area (Å²) < 4.78 is 16.6. The van der Waals surface area contributed by atoms with E-state index in [2.05, 4.69) is 34.1 Å². The molecule has 4 heterocycles. The van der Waals surface area contributed by atoms with Crippen molar-refractivity contribution in [3.05, 3.63) is 69.7 Å². The van der Waals surface area contributed by atoms with Crippen LogP contribution in [0.25, 0.3) is 22.6 Å². The molecule has 3 aliphatic heterocycles. The molecule has 3 aliphatic rings. The number of benzene rings is 2. The minimum atomic E-state index is -0.485. The molecule has 7 nitrogen and oxygen atoms in total. The van der Waals surface area contributed by atoms with Gasteiger partial charge in [0.1, 0.15) is 17.1 Å². The Morgan fingerprint density at radius 3 is 2.43 bits per heavy atom. The third-order valence-corrected chi connectivity index (χ3v) is 9.39. The zero-order valence-electron chi connectivity index (χ0n) is 24.9. The molecule has 9 heteroatoms. The van der Waals surface area contributed by atoms with Crippen LogP contribution in [-0.2, 0) is 0 Å². The van der Waals surface area contributed by atoms with E-state index in [1.54, 1.807) is 25.1 Å². The Kier molecular flexibility index (Phi) is 8.13. The highest BCUT2D eigenvalue weighted by Gasteiger charge is 2.35. The minimum Gasteiger partial charge on any atom is -0.508 e. The Morgan fingerprint density at radius 2 is 1.76 bits per heavy atom. The van der Waals surface area contributed by atoms with Gasteiger partial charge in [-0.25, -0.2) is 9.37 Å². The number of aryl methyl sites for hydroxylation is 1. The van der Waals surface area contributed by atoms with Gasteiger partial charge in [-0.3, -0.25) is 0 Å². The van der Waals surface area contributed by atoms with Gasteiger partial charge in [-0.05, 0) is 88.5 Å². The van der Waals surface area contributed by atoms with Gasteiger partial charge in [0.25, 0.3) is 0 Å². The SMILES string of the molecule is C/C(=C\C(O)=C/c1ccccc1C)c1c(Cl)cc2c(N3CC4CCC(C3)N4)nc(N3CCC(N(C)C)CC3)nc2c1F. The predicted octanol–water partition coefficient (Wildman–Crippen LogP) is 6.20. The van der Waals surface area contributed by atoms with E-state index >= 15 is 4.39 Å². The first-order valence-corrected chi connectivity index (χ1v) is 15.3. The van der Waals surface area contributed by atoms with Gasteiger partial charge in [0.2, 0.25) is 5.95 Å². The fourth-order valence-electron chi connectivity index (χ4n) is 6.71. The largest absolute Gasteiger partial charge is 0.508 e. The monoisotopic (exact) mass is 590 g/mol. The first-order chi connectivity index (χ1) is 20.2. The van der Waals surface area contributed by atoms with Crippen LogP contribution in [0.1, 0.15) is 49.3 Å². The summed E-state index contributed by atoms with van der Waals surface area (Å²) in [5, 5.41) is 15.4. The molecular formula is C33H40ClFN6O. The molecule has 2 bridgehead atoms. The lowest BCUT2D eigenvalue weighted by Crippen LogP contribution is -2.51. The highest BCUT2D eigenvalue weighted by Crippen LogP contribution is 2.38. The summed E-state index contributed by atoms with van der Waals surface area (Å²) in [6.45, 7) is 7.03. The molecule has 42 heavy (non-hydrogen) atoms. The number of aliphatic hydroxyl groups is 1. The maximum Gasteiger partial charge on any atom is 0.228 e. The number of hydrogen-bond donors (Lipinski definition) is 2. The third-order valence-electron chi connectivity index (χ3n) is 9.10. The lowest BCUT2D eigenvalue weighted by atomic mass is 10.0. The molecule has 222 valence electrons. The van der Waals surface area contributed by atoms with E-state index in [4.69, 9.17) is 21.6 Å². The number of nitrogens with zero attached hydrogens (tertiary/aromatic N) is 5. The van der Waals surface area contributed by atoms with Crippen LogP contribution in [0.5, 0.6) is 0 Å². The van der Waals surface area contributed by atoms with Crippen LogP contribution in [0.2, 0.25) is 5.02 Å². The van der Waals surface area contributed by atoms with Crippen LogP contribution >= 0.6 is 11.6 Å². The van der Waals surface area contributed by atoms with Crippen molar-refractivity contribution in [1.82, 2.24) is 20.2 Å². The molecule has 6 rings (SSSR count). The van der Waals surface area contributed by atoms with Crippen LogP contribution in [0, 0.1) is 12.7 Å². The Balaban J connectivity index is 1.43. The molecule has 3 aromatic rings. The molecule has 0 amide bonds. The number of aromatic nitrogens is 2. The Morgan fingerprint density at radius 1 is 1.07 bits per heavy atom. The average Bonchev–Trinajstić information content (AvgIpc) is 3.30. The van der Waals surface area contributed by atoms with Gasteiger partial charge in [0.15, 0.2) is 5.82 Å². The second-order valence-corrected chi connectivity index (χ2v) is 12.7. The molecule has 0 saturated carbocycles. The van der Waals surface area contributed by atoms with E-state index in [0.717, 1.165) is 68.8 Å². The zero-order valence-corrected chi connectivity index (χ0v) is 25.6. The number of hydrogen-bond acceptors (Lipinski definition) is 7. The maximum atomic E-state index is 16.6. The molecule has 0 spiro atoms. The summed E-state index contributed by atoms with van der Waals surface area (Å²) in [6, 6.07) is 10.9. The summed E-state index contributed by atoms with van der Waals surface area (Å²) in [5.41, 5.74) is 2.98. The number of fused-ring (bicyclic) bond motifs is 3. The normalized spacial score (nSPS) is 22.1. The van der Waals surface area contributed by atoms with E-state index in [1.807, 2.05) is 31.2 Å². The fourth-order valence-corrected chi connectivity index (χ4v) is 7.05. The Labute approximate surface area is 252 Å². The van der Waals surface area contributed by atoms with Crippen molar-refractivity contribution in [3.63, 3.8) is 0 Å². The van der Waals surface area contributed by atoms with Gasteiger partial charge in [-0.1, -0.05) is 35.9 Å². The number of allylic oxidation sites excluding steroid dienone is 2. The van der Waals surface area contributed by atoms with Gasteiger partial charge < -0.3 is 25.1 Å². The molecule has 2 aromatic carbocycles. The van der Waals surface area contributed by atoms with E-state index < -0.39 is 5.82 Å². The smallest absolute Gasteiger partial charge is 0.228 e. The van der Waals surface area contributed by atoms with Crippen molar-refractivity contribution in [1.29, 1.82) is 0 Å². The molecule has 0 aliphatic carbocycles. The first kappa shape index (κ1) is 28.9. The fraction of sp³-hybridized carbons (Fsp3) is 0.455. The van der Waals surface area contributed by atoms with E-state index in [9.17, 15) is 5.11 Å². The Bertz CT molecular complexity index is 1540. The summed E-state index contributed by atoms with van der Waals surface area (Å²) in [6.07, 6.45) is 7.52. The molecule has 2 N–H and O–H groups in total. The number of halogens is 2. The minimum absolute atomic E-state index is 0.0292. The van der Waals surface area contributed by atoms with Crippen molar-refractivity contribution in [2.45, 2.75) is 57.7 Å². The molecule has 0 radical (unpaired) electrons. The molecule has 2 atom stereocenters. The summed E-state index contributed by atoms with van der Waals surface area (Å²) >= 11 is 6.80. The van der Waals surface area contributed by atoms with Gasteiger partial charge in [0.05, 0.1) is 5.02 Å². The number of anilines is 2. The standard InChI is InChI=1S/C33H40ClFN6O/c1-20-7-5-6-8-22(20)16-26(42)15-21(2)29-28(34)17-27-31(30(29)35)37-33(40-13-11-25(12-14-40)39(3)4)38-32(27)41-18-23-9-10-24(19-41)36-23/h5-8,15-17,23-25,36,42H,9-14,18-19H2,1-4H3/b21-15+,26-16+. The van der Waals surface area contributed by atoms with E-state index in [0.29, 0.717) is 35.0 Å². The van der Waals surface area contributed by atoms with Crippen LogP contribution in [0.4, 0.5) is 16.2 Å². The predicted molar refractivity (Wildman–Crippen MR) is 171 cm³/mol. The Hall–Kier alpha value is -3.20. The van der Waals surface area contributed by atoms with Crippen molar-refractivity contribution in [2.75, 3.05) is 50.1 Å². The highest BCUT2D eigenvalue weighted by molar-refractivity contribution is 6.33. The van der Waals surface area contributed by atoms with Gasteiger partial charge >= 0.3 is 0 Å². The van der Waals surface area contributed by atoms with E-state index in [1.165, 1.54) is 0 Å². The maximum absolute atomic E-state index is 16.6. The number of nitrogens with one attached hydrogen (secondary N) is 1. The molecular weight excluding hydrogens is 551 g/mol. The van der Waals surface area contributed by atoms with Crippen molar-refractivity contribution in [3.8, 4) is 0 Å². The molecule has 1 aromatic heterocycles. The lowest BCUT2D eigenvalue weighted by Gasteiger charge is -2.37. The lowest BCUT2D eigenvalue weighted by molar-refractivity contribution is 0.249. The third kappa shape index (κ3) is 5.72. The number of rotatable bonds is 6. The van der Waals surface area contributed by atoms with Crippen molar-refractivity contribution >= 4 is 45.9 Å². The quantitative estimate of drug-likeness (QED) is 0.261. The van der Waals surface area contributed by atoms with Crippen molar-refractivity contribution in [2.24, 2.45) is 0 Å². The van der Waals surface area contributed by atoms with Gasteiger partial charge in [-0.2, -0.15) is 4.98 Å². The number of piperazine rings is 1. The second-order valence-electron chi connectivity index (χ2n) is 12.3. The van der Waals surface area contributed by atoms with Gasteiger partial charge in [-0.15, -0.1) is 0 Å². The second kappa shape index (κ2) is 11.8. The summed E-state index contributed by atoms with van der Waals surface area (Å²) in [5.74, 6) is 0.860. The number of aliphatic hydroxyl groups excluding tert-OH is 1. The molecule has 3 saturated heterocycles. The van der Waals surface area contributed by atoms with Crippen LogP contribution < -0.4 is 15.1 Å². The topological polar surface area (TPSA) is 67.8 Å². The zero-order chi connectivity index (χ0) is 29.5. The van der Waals surface area contributed by atoms with Crippen LogP contribution in [0.15, 0.2) is 42.2 Å². The van der Waals surface area contributed by atoms with E-state index in [-0.39, 0.29) is 21.9 Å². The first-order valence-electron chi connectivity index (χ1n) is 14.9. The molecule has 3 fully saturated rings. The van der Waals surface area contributed by atoms with Gasteiger partial charge in [0, 0.05) is 55.3 Å².